The second-order valence-corrected chi connectivity index (χ2v) is 4.50. The number of hydrogen-bond donors (Lipinski definition) is 0. The average molecular weight is 87.1 g/mol. The van der Waals surface area contributed by atoms with Crippen LogP contribution in [0.3, 0.4) is 0 Å². The Kier molecular flexibility index (Phi) is 25.2. The third-order valence-corrected chi connectivity index (χ3v) is 0. The second-order valence-electron chi connectivity index (χ2n) is 1.50. The van der Waals surface area contributed by atoms with Crippen molar-refractivity contribution in [3.05, 3.63) is 0 Å². The first-order chi connectivity index (χ1) is 1.73. The summed E-state index contributed by atoms with van der Waals surface area (Å²) in [6, 6.07) is 0. The topological polar surface area (TPSA) is 0 Å². The van der Waals surface area contributed by atoms with Gasteiger partial charge in [0, 0.05) is 18.9 Å². The number of rotatable bonds is 0. The van der Waals surface area contributed by atoms with Gasteiger partial charge in [-0.15, -0.1) is 0 Å². The van der Waals surface area contributed by atoms with Gasteiger partial charge in [0.1, 0.15) is 0 Å². The average Bonchev–Trinajstić information content (AvgIpc) is 0.811. The molecule has 6 heavy (non-hydrogen) atoms. The molecule has 0 atom stereocenters. The van der Waals surface area contributed by atoms with E-state index in [1.807, 2.05) is 0 Å². The molecule has 0 fully saturated rings. The maximum absolute atomic E-state index is 2.27. The molecule has 3 heteroatoms. The zero-order valence-corrected chi connectivity index (χ0v) is 6.50. The van der Waals surface area contributed by atoms with Crippen molar-refractivity contribution in [3.8, 4) is 0 Å². The second kappa shape index (κ2) is 9.65. The summed E-state index contributed by atoms with van der Waals surface area (Å²) in [6.07, 6.45) is 0. The van der Waals surface area contributed by atoms with Crippen molar-refractivity contribution in [3.63, 3.8) is 0 Å². The van der Waals surface area contributed by atoms with E-state index in [0.717, 1.165) is 0 Å². The van der Waals surface area contributed by atoms with E-state index >= 15 is 0 Å². The fourth-order valence-electron chi connectivity index (χ4n) is 0. The summed E-state index contributed by atoms with van der Waals surface area (Å²) in [7, 11) is 0.120. The molecule has 0 saturated heterocycles. The Labute approximate surface area is 66.0 Å². The van der Waals surface area contributed by atoms with E-state index in [9.17, 15) is 0 Å². The van der Waals surface area contributed by atoms with Crippen LogP contribution in [0.2, 0.25) is 19.6 Å². The molecule has 0 aromatic carbocycles. The molecule has 0 N–H and O–H groups in total. The van der Waals surface area contributed by atoms with Gasteiger partial charge in [-0.25, -0.2) is 0 Å². The Morgan fingerprint density at radius 1 is 1.00 bits per heavy atom. The maximum atomic E-state index is 2.27. The molecule has 1 radical (unpaired) electrons. The molecule has 0 aliphatic heterocycles. The van der Waals surface area contributed by atoms with E-state index in [4.69, 9.17) is 0 Å². The van der Waals surface area contributed by atoms with E-state index in [1.54, 1.807) is 0 Å². The van der Waals surface area contributed by atoms with Gasteiger partial charge < -0.3 is 0 Å². The summed E-state index contributed by atoms with van der Waals surface area (Å²) in [5, 5.41) is 0. The van der Waals surface area contributed by atoms with Gasteiger partial charge in [-0.1, -0.05) is 0 Å². The van der Waals surface area contributed by atoms with Crippen LogP contribution in [0.25, 0.3) is 0 Å². The molecule has 0 aliphatic rings. The largest absolute Gasteiger partial charge is 1.00 e. The summed E-state index contributed by atoms with van der Waals surface area (Å²) in [5.41, 5.74) is 0. The van der Waals surface area contributed by atoms with Crippen LogP contribution < -0.4 is 18.9 Å². The van der Waals surface area contributed by atoms with Crippen LogP contribution in [0.5, 0.6) is 0 Å². The van der Waals surface area contributed by atoms with Crippen molar-refractivity contribution in [2.45, 2.75) is 19.6 Å². The number of hydrogen-bond acceptors (Lipinski definition) is 0. The SMILES string of the molecule is C[Si-](C)C.[Li+].[Li]. The van der Waals surface area contributed by atoms with Crippen LogP contribution >= 0.6 is 0 Å². The van der Waals surface area contributed by atoms with E-state index in [1.165, 1.54) is 0 Å². The van der Waals surface area contributed by atoms with E-state index in [-0.39, 0.29) is 46.5 Å². The first-order valence-corrected chi connectivity index (χ1v) is 4.50. The van der Waals surface area contributed by atoms with Crippen molar-refractivity contribution in [2.24, 2.45) is 0 Å². The van der Waals surface area contributed by atoms with Crippen molar-refractivity contribution >= 4 is 27.7 Å². The molecule has 0 rings (SSSR count). The minimum atomic E-state index is 0. The van der Waals surface area contributed by atoms with Crippen LogP contribution in [-0.4, -0.2) is 27.7 Å². The van der Waals surface area contributed by atoms with Gasteiger partial charge >= 0.3 is 18.9 Å². The van der Waals surface area contributed by atoms with Gasteiger partial charge in [0.25, 0.3) is 0 Å². The monoisotopic (exact) mass is 87.1 g/mol. The molecule has 0 aliphatic carbocycles. The third kappa shape index (κ3) is 52.9. The third-order valence-electron chi connectivity index (χ3n) is 0. The molecular weight excluding hydrogens is 78.0 g/mol. The van der Waals surface area contributed by atoms with Crippen molar-refractivity contribution in [1.82, 2.24) is 0 Å². The van der Waals surface area contributed by atoms with Gasteiger partial charge in [-0.3, -0.25) is 8.80 Å². The summed E-state index contributed by atoms with van der Waals surface area (Å²) < 4.78 is 0. The molecule has 0 amide bonds. The first kappa shape index (κ1) is 15.7. The predicted molar refractivity (Wildman–Crippen MR) is 29.1 cm³/mol. The fourth-order valence-corrected chi connectivity index (χ4v) is 0. The molecule has 0 nitrogen and oxygen atoms in total. The zero-order valence-electron chi connectivity index (χ0n) is 5.50. The molecule has 0 saturated carbocycles. The molecule has 0 heterocycles. The van der Waals surface area contributed by atoms with E-state index < -0.39 is 0 Å². The molecule has 0 bridgehead atoms. The zero-order chi connectivity index (χ0) is 3.58. The van der Waals surface area contributed by atoms with Gasteiger partial charge in [-0.2, -0.15) is 19.6 Å². The fraction of sp³-hybridized carbons (Fsp3) is 1.00. The van der Waals surface area contributed by atoms with Crippen molar-refractivity contribution < 1.29 is 18.9 Å². The summed E-state index contributed by atoms with van der Waals surface area (Å²) in [4.78, 5) is 0. The van der Waals surface area contributed by atoms with Gasteiger partial charge in [0.15, 0.2) is 0 Å². The molecule has 0 aromatic rings. The van der Waals surface area contributed by atoms with Gasteiger partial charge in [0.05, 0.1) is 0 Å². The molecule has 0 aromatic heterocycles. The minimum absolute atomic E-state index is 0. The Balaban J connectivity index is -0.0000000450. The Morgan fingerprint density at radius 2 is 1.00 bits per heavy atom. The van der Waals surface area contributed by atoms with Gasteiger partial charge in [0.2, 0.25) is 0 Å². The predicted octanol–water partition coefficient (Wildman–Crippen LogP) is -2.01. The molecular formula is C3H9Li2Si. The normalized spacial score (nSPS) is 6.00. The van der Waals surface area contributed by atoms with Crippen LogP contribution in [0.1, 0.15) is 0 Å². The van der Waals surface area contributed by atoms with Gasteiger partial charge in [-0.05, 0) is 0 Å². The first-order valence-electron chi connectivity index (χ1n) is 1.50. The minimum Gasteiger partial charge on any atom is -0.271 e. The van der Waals surface area contributed by atoms with Crippen molar-refractivity contribution in [1.29, 1.82) is 0 Å². The summed E-state index contributed by atoms with van der Waals surface area (Å²) in [6.45, 7) is 6.81. The quantitative estimate of drug-likeness (QED) is 0.300. The standard InChI is InChI=1S/C3H9Si.2Li/c1-4(2)3;;/h1-3H3;;/q-1;;+1. The smallest absolute Gasteiger partial charge is 0.271 e. The van der Waals surface area contributed by atoms with E-state index in [2.05, 4.69) is 19.6 Å². The Hall–Kier alpha value is 1.41. The molecule has 0 unspecified atom stereocenters. The van der Waals surface area contributed by atoms with Crippen LogP contribution in [0.4, 0.5) is 0 Å². The Bertz CT molecular complexity index is 13.5. The summed E-state index contributed by atoms with van der Waals surface area (Å²) >= 11 is 0. The summed E-state index contributed by atoms with van der Waals surface area (Å²) in [5.74, 6) is 0. The maximum Gasteiger partial charge on any atom is 1.00 e. The Morgan fingerprint density at radius 3 is 1.00 bits per heavy atom. The van der Waals surface area contributed by atoms with Crippen molar-refractivity contribution in [2.75, 3.05) is 0 Å². The van der Waals surface area contributed by atoms with E-state index in [0.29, 0.717) is 0 Å². The molecule has 27 valence electrons. The molecule has 0 spiro atoms. The van der Waals surface area contributed by atoms with Crippen LogP contribution in [0.15, 0.2) is 0 Å². The van der Waals surface area contributed by atoms with Crippen LogP contribution in [-0.2, 0) is 0 Å². The van der Waals surface area contributed by atoms with Crippen LogP contribution in [0, 0.1) is 0 Å².